The summed E-state index contributed by atoms with van der Waals surface area (Å²) in [6.45, 7) is 9.40. The van der Waals surface area contributed by atoms with E-state index in [2.05, 4.69) is 39.8 Å². The molecule has 30 heavy (non-hydrogen) atoms. The van der Waals surface area contributed by atoms with Gasteiger partial charge in [-0.05, 0) is 61.7 Å². The van der Waals surface area contributed by atoms with E-state index >= 15 is 0 Å². The Balaban J connectivity index is 1.42. The first-order valence-corrected chi connectivity index (χ1v) is 12.1. The molecule has 5 nitrogen and oxygen atoms in total. The summed E-state index contributed by atoms with van der Waals surface area (Å²) >= 11 is 0. The second-order valence-electron chi connectivity index (χ2n) is 12.0. The van der Waals surface area contributed by atoms with Gasteiger partial charge in [-0.2, -0.15) is 0 Å². The van der Waals surface area contributed by atoms with Crippen molar-refractivity contribution in [3.05, 3.63) is 44.3 Å². The van der Waals surface area contributed by atoms with Crippen LogP contribution in [0.1, 0.15) is 90.8 Å². The van der Waals surface area contributed by atoms with Crippen LogP contribution in [0.15, 0.2) is 32.9 Å². The van der Waals surface area contributed by atoms with Crippen molar-refractivity contribution < 1.29 is 0 Å². The van der Waals surface area contributed by atoms with Crippen molar-refractivity contribution in [2.45, 2.75) is 90.8 Å². The van der Waals surface area contributed by atoms with Gasteiger partial charge >= 0.3 is 11.4 Å². The summed E-state index contributed by atoms with van der Waals surface area (Å²) < 4.78 is 5.42. The van der Waals surface area contributed by atoms with E-state index in [-0.39, 0.29) is 45.7 Å². The predicted octanol–water partition coefficient (Wildman–Crippen LogP) is 4.37. The first kappa shape index (κ1) is 17.9. The fourth-order valence-corrected chi connectivity index (χ4v) is 9.20. The summed E-state index contributed by atoms with van der Waals surface area (Å²) in [6.07, 6.45) is 12.7. The molecule has 0 aromatic carbocycles. The fourth-order valence-electron chi connectivity index (χ4n) is 9.20. The third-order valence-electron chi connectivity index (χ3n) is 11.3. The molecule has 1 aromatic rings. The zero-order valence-electron chi connectivity index (χ0n) is 18.6. The number of aromatic nitrogens is 3. The molecule has 0 spiro atoms. The summed E-state index contributed by atoms with van der Waals surface area (Å²) in [4.78, 5) is 27.7. The first-order valence-electron chi connectivity index (χ1n) is 12.1. The number of hydrogen-bond acceptors (Lipinski definition) is 2. The SMILES string of the molecule is CC1(C)[C@@H]2CC[C@]1(C)[C@H](n1c(=O)n3n(c1=O)[C@@H]1C=C[C@@H]3[C@H]3C4=C(CCCC4)[C@@]31C)C2. The van der Waals surface area contributed by atoms with E-state index in [1.165, 1.54) is 32.1 Å². The standard InChI is InChI=1S/C25H33N3O2/c1-23(2)14-11-12-24(23,3)19(13-14)26-21(29)27-17-9-10-18(28(27)22(26)30)25(4)16-8-6-5-7-15(16)20(17)25/h9-10,14,17-20H,5-8,11-13H2,1-4H3/t14-,17-,18-,19-,20-,24-,25-/m1/s1. The van der Waals surface area contributed by atoms with E-state index in [0.29, 0.717) is 11.8 Å². The molecule has 4 bridgehead atoms. The monoisotopic (exact) mass is 407 g/mol. The van der Waals surface area contributed by atoms with Crippen molar-refractivity contribution in [3.63, 3.8) is 0 Å². The largest absolute Gasteiger partial charge is 0.348 e. The van der Waals surface area contributed by atoms with Crippen molar-refractivity contribution in [2.24, 2.45) is 28.1 Å². The maximum absolute atomic E-state index is 13.9. The van der Waals surface area contributed by atoms with Gasteiger partial charge in [0.2, 0.25) is 0 Å². The smallest absolute Gasteiger partial charge is 0.246 e. The van der Waals surface area contributed by atoms with Gasteiger partial charge in [-0.1, -0.05) is 51.0 Å². The van der Waals surface area contributed by atoms with Crippen LogP contribution in [0.5, 0.6) is 0 Å². The molecule has 7 atom stereocenters. The maximum atomic E-state index is 13.9. The highest BCUT2D eigenvalue weighted by Gasteiger charge is 2.65. The average Bonchev–Trinajstić information content (AvgIpc) is 3.19. The Kier molecular flexibility index (Phi) is 2.97. The Morgan fingerprint density at radius 1 is 0.967 bits per heavy atom. The molecule has 0 N–H and O–H groups in total. The Morgan fingerprint density at radius 3 is 2.40 bits per heavy atom. The summed E-state index contributed by atoms with van der Waals surface area (Å²) in [7, 11) is 0. The summed E-state index contributed by atoms with van der Waals surface area (Å²) in [5, 5.41) is 0. The molecule has 0 radical (unpaired) electrons. The predicted molar refractivity (Wildman–Crippen MR) is 116 cm³/mol. The lowest BCUT2D eigenvalue weighted by Crippen LogP contribution is -2.60. The molecule has 2 aliphatic heterocycles. The molecular formula is C25H33N3O2. The fraction of sp³-hybridized carbons (Fsp3) is 0.760. The molecule has 160 valence electrons. The van der Waals surface area contributed by atoms with E-state index in [9.17, 15) is 9.59 Å². The number of hydrogen-bond donors (Lipinski definition) is 0. The van der Waals surface area contributed by atoms with Gasteiger partial charge in [0, 0.05) is 17.4 Å². The second-order valence-corrected chi connectivity index (χ2v) is 12.0. The summed E-state index contributed by atoms with van der Waals surface area (Å²) in [6, 6.07) is 0.0345. The number of fused-ring (bicyclic) bond motifs is 2. The van der Waals surface area contributed by atoms with Crippen LogP contribution in [0.3, 0.4) is 0 Å². The van der Waals surface area contributed by atoms with Crippen LogP contribution >= 0.6 is 0 Å². The van der Waals surface area contributed by atoms with Gasteiger partial charge < -0.3 is 0 Å². The van der Waals surface area contributed by atoms with Crippen LogP contribution in [-0.2, 0) is 0 Å². The lowest BCUT2D eigenvalue weighted by atomic mass is 9.46. The number of nitrogens with zero attached hydrogens (tertiary/aromatic N) is 3. The topological polar surface area (TPSA) is 48.9 Å². The zero-order valence-corrected chi connectivity index (χ0v) is 18.6. The van der Waals surface area contributed by atoms with Crippen LogP contribution in [0, 0.1) is 28.1 Å². The minimum Gasteiger partial charge on any atom is -0.246 e. The van der Waals surface area contributed by atoms with Crippen molar-refractivity contribution in [1.82, 2.24) is 13.9 Å². The lowest BCUT2D eigenvalue weighted by Gasteiger charge is -2.63. The average molecular weight is 408 g/mol. The normalized spacial score (nSPS) is 46.6. The van der Waals surface area contributed by atoms with Gasteiger partial charge in [0.05, 0.1) is 12.1 Å². The molecule has 2 fully saturated rings. The van der Waals surface area contributed by atoms with Crippen LogP contribution in [-0.4, -0.2) is 13.9 Å². The molecule has 5 aliphatic carbocycles. The second kappa shape index (κ2) is 4.99. The Bertz CT molecular complexity index is 1180. The third-order valence-corrected chi connectivity index (χ3v) is 11.3. The highest BCUT2D eigenvalue weighted by molar-refractivity contribution is 5.47. The molecule has 0 saturated heterocycles. The van der Waals surface area contributed by atoms with Gasteiger partial charge in [-0.15, -0.1) is 0 Å². The highest BCUT2D eigenvalue weighted by atomic mass is 16.2. The van der Waals surface area contributed by atoms with E-state index in [0.717, 1.165) is 12.8 Å². The zero-order chi connectivity index (χ0) is 20.8. The lowest BCUT2D eigenvalue weighted by molar-refractivity contribution is 0.0188. The van der Waals surface area contributed by atoms with Crippen molar-refractivity contribution in [1.29, 1.82) is 0 Å². The molecule has 0 amide bonds. The third kappa shape index (κ3) is 1.57. The minimum atomic E-state index is -0.0570. The Hall–Kier alpha value is -1.78. The van der Waals surface area contributed by atoms with E-state index in [1.807, 2.05) is 9.36 Å². The van der Waals surface area contributed by atoms with E-state index in [1.54, 1.807) is 15.7 Å². The highest BCUT2D eigenvalue weighted by Crippen LogP contribution is 2.70. The molecule has 2 saturated carbocycles. The Labute approximate surface area is 177 Å². The molecule has 1 aromatic heterocycles. The first-order chi connectivity index (χ1) is 14.2. The quantitative estimate of drug-likeness (QED) is 0.649. The summed E-state index contributed by atoms with van der Waals surface area (Å²) in [5.41, 5.74) is 3.32. The van der Waals surface area contributed by atoms with Gasteiger partial charge in [0.15, 0.2) is 0 Å². The van der Waals surface area contributed by atoms with Crippen molar-refractivity contribution >= 4 is 0 Å². The van der Waals surface area contributed by atoms with Gasteiger partial charge in [0.25, 0.3) is 0 Å². The molecule has 5 heteroatoms. The van der Waals surface area contributed by atoms with Crippen LogP contribution in [0.2, 0.25) is 0 Å². The number of allylic oxidation sites excluding steroid dienone is 4. The Morgan fingerprint density at radius 2 is 1.70 bits per heavy atom. The minimum absolute atomic E-state index is 0.00907. The van der Waals surface area contributed by atoms with Gasteiger partial charge in [-0.25, -0.2) is 23.5 Å². The van der Waals surface area contributed by atoms with E-state index in [4.69, 9.17) is 0 Å². The summed E-state index contributed by atoms with van der Waals surface area (Å²) in [5.74, 6) is 1.01. The molecule has 0 unspecified atom stereocenters. The van der Waals surface area contributed by atoms with Crippen LogP contribution < -0.4 is 11.4 Å². The molecule has 8 rings (SSSR count). The maximum Gasteiger partial charge on any atom is 0.348 e. The molecule has 7 aliphatic rings. The van der Waals surface area contributed by atoms with Crippen molar-refractivity contribution in [3.8, 4) is 0 Å². The molecular weight excluding hydrogens is 374 g/mol. The van der Waals surface area contributed by atoms with Gasteiger partial charge in [0.1, 0.15) is 0 Å². The van der Waals surface area contributed by atoms with Crippen LogP contribution in [0.4, 0.5) is 0 Å². The van der Waals surface area contributed by atoms with Crippen molar-refractivity contribution in [2.75, 3.05) is 0 Å². The van der Waals surface area contributed by atoms with Crippen LogP contribution in [0.25, 0.3) is 0 Å². The van der Waals surface area contributed by atoms with E-state index < -0.39 is 0 Å². The number of rotatable bonds is 1. The molecule has 3 heterocycles. The van der Waals surface area contributed by atoms with Gasteiger partial charge in [-0.3, -0.25) is 0 Å².